The summed E-state index contributed by atoms with van der Waals surface area (Å²) < 4.78 is 5.75. The van der Waals surface area contributed by atoms with E-state index in [1.165, 1.54) is 12.8 Å². The predicted molar refractivity (Wildman–Crippen MR) is 64.6 cm³/mol. The number of hydrogen-bond donors (Lipinski definition) is 1. The van der Waals surface area contributed by atoms with E-state index in [-0.39, 0.29) is 0 Å². The van der Waals surface area contributed by atoms with Gasteiger partial charge in [-0.1, -0.05) is 13.8 Å². The normalized spacial score (nSPS) is 18.2. The van der Waals surface area contributed by atoms with Gasteiger partial charge in [-0.05, 0) is 44.7 Å². The SMILES string of the molecule is Cc1oc(CC2CCNCC2)nc1C(C)C. The Morgan fingerprint density at radius 2 is 2.06 bits per heavy atom. The van der Waals surface area contributed by atoms with Crippen LogP contribution in [0.5, 0.6) is 0 Å². The molecule has 1 fully saturated rings. The van der Waals surface area contributed by atoms with Crippen molar-refractivity contribution in [3.63, 3.8) is 0 Å². The Hall–Kier alpha value is -0.830. The van der Waals surface area contributed by atoms with Crippen molar-refractivity contribution in [2.24, 2.45) is 5.92 Å². The highest BCUT2D eigenvalue weighted by molar-refractivity contribution is 5.12. The number of nitrogens with one attached hydrogen (secondary N) is 1. The molecule has 2 heterocycles. The van der Waals surface area contributed by atoms with Crippen LogP contribution in [0.25, 0.3) is 0 Å². The largest absolute Gasteiger partial charge is 0.446 e. The molecule has 0 bridgehead atoms. The van der Waals surface area contributed by atoms with Gasteiger partial charge >= 0.3 is 0 Å². The van der Waals surface area contributed by atoms with Crippen LogP contribution in [0, 0.1) is 12.8 Å². The van der Waals surface area contributed by atoms with E-state index in [2.05, 4.69) is 24.1 Å². The molecule has 1 aromatic heterocycles. The molecule has 1 aliphatic heterocycles. The van der Waals surface area contributed by atoms with Crippen LogP contribution < -0.4 is 5.32 Å². The quantitative estimate of drug-likeness (QED) is 0.854. The number of aryl methyl sites for hydroxylation is 1. The fourth-order valence-corrected chi connectivity index (χ4v) is 2.42. The third-order valence-electron chi connectivity index (χ3n) is 3.35. The maximum Gasteiger partial charge on any atom is 0.194 e. The number of aromatic nitrogens is 1. The van der Waals surface area contributed by atoms with Crippen molar-refractivity contribution in [3.8, 4) is 0 Å². The third-order valence-corrected chi connectivity index (χ3v) is 3.35. The van der Waals surface area contributed by atoms with Crippen LogP contribution in [0.4, 0.5) is 0 Å². The van der Waals surface area contributed by atoms with E-state index in [9.17, 15) is 0 Å². The molecule has 1 aromatic rings. The second-order valence-corrected chi connectivity index (χ2v) is 5.10. The summed E-state index contributed by atoms with van der Waals surface area (Å²) >= 11 is 0. The molecule has 3 heteroatoms. The minimum absolute atomic E-state index is 0.463. The molecule has 2 rings (SSSR count). The fourth-order valence-electron chi connectivity index (χ4n) is 2.42. The fraction of sp³-hybridized carbons (Fsp3) is 0.769. The van der Waals surface area contributed by atoms with Gasteiger partial charge in [0.25, 0.3) is 0 Å². The Morgan fingerprint density at radius 1 is 1.38 bits per heavy atom. The van der Waals surface area contributed by atoms with Crippen LogP contribution in [0.1, 0.15) is 50.0 Å². The Kier molecular flexibility index (Phi) is 3.64. The molecule has 3 nitrogen and oxygen atoms in total. The maximum absolute atomic E-state index is 5.75. The molecule has 0 aromatic carbocycles. The monoisotopic (exact) mass is 222 g/mol. The molecule has 16 heavy (non-hydrogen) atoms. The molecule has 0 atom stereocenters. The van der Waals surface area contributed by atoms with Gasteiger partial charge in [-0.25, -0.2) is 4.98 Å². The third kappa shape index (κ3) is 2.64. The Morgan fingerprint density at radius 3 is 2.62 bits per heavy atom. The lowest BCUT2D eigenvalue weighted by Gasteiger charge is -2.20. The van der Waals surface area contributed by atoms with Gasteiger partial charge in [-0.2, -0.15) is 0 Å². The highest BCUT2D eigenvalue weighted by atomic mass is 16.4. The first-order valence-electron chi connectivity index (χ1n) is 6.33. The Bertz CT molecular complexity index is 338. The second kappa shape index (κ2) is 5.00. The van der Waals surface area contributed by atoms with E-state index in [1.54, 1.807) is 0 Å². The number of hydrogen-bond acceptors (Lipinski definition) is 3. The highest BCUT2D eigenvalue weighted by Gasteiger charge is 2.18. The van der Waals surface area contributed by atoms with Crippen molar-refractivity contribution in [2.45, 2.75) is 46.0 Å². The average Bonchev–Trinajstić information content (AvgIpc) is 2.61. The van der Waals surface area contributed by atoms with Crippen molar-refractivity contribution in [1.82, 2.24) is 10.3 Å². The zero-order chi connectivity index (χ0) is 11.5. The molecule has 0 aliphatic carbocycles. The van der Waals surface area contributed by atoms with Gasteiger partial charge in [0.2, 0.25) is 0 Å². The summed E-state index contributed by atoms with van der Waals surface area (Å²) in [7, 11) is 0. The first-order valence-corrected chi connectivity index (χ1v) is 6.33. The van der Waals surface area contributed by atoms with Crippen LogP contribution in [0.3, 0.4) is 0 Å². The summed E-state index contributed by atoms with van der Waals surface area (Å²) in [5.74, 6) is 3.15. The number of oxazole rings is 1. The molecular formula is C13H22N2O. The van der Waals surface area contributed by atoms with Gasteiger partial charge in [-0.3, -0.25) is 0 Å². The van der Waals surface area contributed by atoms with Crippen LogP contribution in [0.15, 0.2) is 4.42 Å². The topological polar surface area (TPSA) is 38.1 Å². The van der Waals surface area contributed by atoms with Crippen molar-refractivity contribution < 1.29 is 4.42 Å². The summed E-state index contributed by atoms with van der Waals surface area (Å²) in [6.07, 6.45) is 3.51. The molecule has 90 valence electrons. The average molecular weight is 222 g/mol. The summed E-state index contributed by atoms with van der Waals surface area (Å²) in [6.45, 7) is 8.63. The van der Waals surface area contributed by atoms with Gasteiger partial charge in [0, 0.05) is 6.42 Å². The van der Waals surface area contributed by atoms with E-state index >= 15 is 0 Å². The molecular weight excluding hydrogens is 200 g/mol. The molecule has 0 spiro atoms. The molecule has 0 amide bonds. The molecule has 1 aliphatic rings. The molecule has 1 saturated heterocycles. The summed E-state index contributed by atoms with van der Waals surface area (Å²) in [5, 5.41) is 3.38. The summed E-state index contributed by atoms with van der Waals surface area (Å²) in [5.41, 5.74) is 1.13. The lowest BCUT2D eigenvalue weighted by Crippen LogP contribution is -2.28. The molecule has 1 N–H and O–H groups in total. The Labute approximate surface area is 97.6 Å². The van der Waals surface area contributed by atoms with E-state index < -0.39 is 0 Å². The highest BCUT2D eigenvalue weighted by Crippen LogP contribution is 2.23. The molecule has 0 unspecified atom stereocenters. The zero-order valence-corrected chi connectivity index (χ0v) is 10.5. The van der Waals surface area contributed by atoms with Crippen LogP contribution in [-0.2, 0) is 6.42 Å². The van der Waals surface area contributed by atoms with Crippen molar-refractivity contribution >= 4 is 0 Å². The first-order chi connectivity index (χ1) is 7.66. The van der Waals surface area contributed by atoms with Crippen molar-refractivity contribution in [3.05, 3.63) is 17.3 Å². The first kappa shape index (κ1) is 11.6. The van der Waals surface area contributed by atoms with E-state index in [1.807, 2.05) is 6.92 Å². The zero-order valence-electron chi connectivity index (χ0n) is 10.5. The van der Waals surface area contributed by atoms with Crippen molar-refractivity contribution in [1.29, 1.82) is 0 Å². The number of piperidine rings is 1. The van der Waals surface area contributed by atoms with Gasteiger partial charge in [0.05, 0.1) is 5.69 Å². The van der Waals surface area contributed by atoms with Gasteiger partial charge in [0.1, 0.15) is 5.76 Å². The van der Waals surface area contributed by atoms with Crippen molar-refractivity contribution in [2.75, 3.05) is 13.1 Å². The lowest BCUT2D eigenvalue weighted by atomic mass is 9.95. The second-order valence-electron chi connectivity index (χ2n) is 5.10. The van der Waals surface area contributed by atoms with Crippen LogP contribution in [0.2, 0.25) is 0 Å². The lowest BCUT2D eigenvalue weighted by molar-refractivity contribution is 0.338. The van der Waals surface area contributed by atoms with Gasteiger partial charge in [0.15, 0.2) is 5.89 Å². The smallest absolute Gasteiger partial charge is 0.194 e. The van der Waals surface area contributed by atoms with E-state index in [0.717, 1.165) is 42.8 Å². The van der Waals surface area contributed by atoms with Gasteiger partial charge in [-0.15, -0.1) is 0 Å². The molecule has 0 radical (unpaired) electrons. The molecule has 0 saturated carbocycles. The Balaban J connectivity index is 2.01. The van der Waals surface area contributed by atoms with Crippen LogP contribution in [-0.4, -0.2) is 18.1 Å². The van der Waals surface area contributed by atoms with E-state index in [4.69, 9.17) is 4.42 Å². The minimum Gasteiger partial charge on any atom is -0.446 e. The summed E-state index contributed by atoms with van der Waals surface area (Å²) in [4.78, 5) is 4.62. The predicted octanol–water partition coefficient (Wildman–Crippen LogP) is 2.65. The maximum atomic E-state index is 5.75. The summed E-state index contributed by atoms with van der Waals surface area (Å²) in [6, 6.07) is 0. The number of nitrogens with zero attached hydrogens (tertiary/aromatic N) is 1. The minimum atomic E-state index is 0.463. The van der Waals surface area contributed by atoms with Gasteiger partial charge < -0.3 is 9.73 Å². The number of rotatable bonds is 3. The van der Waals surface area contributed by atoms with E-state index in [0.29, 0.717) is 5.92 Å². The standard InChI is InChI=1S/C13H22N2O/c1-9(2)13-10(3)16-12(15-13)8-11-4-6-14-7-5-11/h9,11,14H,4-8H2,1-3H3. The van der Waals surface area contributed by atoms with Crippen LogP contribution >= 0.6 is 0 Å².